The van der Waals surface area contributed by atoms with Crippen LogP contribution in [0.5, 0.6) is 0 Å². The molecular formula is C19H14N2O2. The quantitative estimate of drug-likeness (QED) is 0.499. The van der Waals surface area contributed by atoms with Crippen molar-refractivity contribution < 1.29 is 4.42 Å². The Balaban J connectivity index is 1.98. The highest BCUT2D eigenvalue weighted by Gasteiger charge is 2.24. The molecular weight excluding hydrogens is 288 g/mol. The molecule has 0 saturated carbocycles. The molecule has 0 saturated heterocycles. The first kappa shape index (κ1) is 12.6. The molecule has 4 aromatic rings. The van der Waals surface area contributed by atoms with Crippen molar-refractivity contribution in [3.05, 3.63) is 69.7 Å². The number of hydrogen-bond donors (Lipinski definition) is 0. The van der Waals surface area contributed by atoms with E-state index in [4.69, 9.17) is 4.42 Å². The van der Waals surface area contributed by atoms with Crippen LogP contribution >= 0.6 is 0 Å². The van der Waals surface area contributed by atoms with E-state index in [-0.39, 0.29) is 0 Å². The van der Waals surface area contributed by atoms with E-state index in [9.17, 15) is 4.79 Å². The SMILES string of the molecule is Cc1ccc2c(c1)oc(=O)n1nc3c(c21)CCc1ccccc1-3. The first-order valence-electron chi connectivity index (χ1n) is 7.76. The van der Waals surface area contributed by atoms with Gasteiger partial charge in [0.05, 0.1) is 11.2 Å². The van der Waals surface area contributed by atoms with Crippen LogP contribution in [0, 0.1) is 6.92 Å². The summed E-state index contributed by atoms with van der Waals surface area (Å²) in [5.41, 5.74) is 7.05. The van der Waals surface area contributed by atoms with Crippen molar-refractivity contribution in [2.45, 2.75) is 19.8 Å². The van der Waals surface area contributed by atoms with Gasteiger partial charge in [0.2, 0.25) is 0 Å². The minimum absolute atomic E-state index is 0.426. The van der Waals surface area contributed by atoms with Crippen molar-refractivity contribution in [2.75, 3.05) is 0 Å². The Hall–Kier alpha value is -2.88. The van der Waals surface area contributed by atoms with E-state index in [2.05, 4.69) is 17.2 Å². The largest absolute Gasteiger partial charge is 0.440 e. The first-order valence-corrected chi connectivity index (χ1v) is 7.76. The molecule has 0 unspecified atom stereocenters. The molecule has 4 nitrogen and oxygen atoms in total. The minimum Gasteiger partial charge on any atom is -0.408 e. The van der Waals surface area contributed by atoms with Gasteiger partial charge in [0.25, 0.3) is 0 Å². The maximum atomic E-state index is 12.4. The van der Waals surface area contributed by atoms with Crippen molar-refractivity contribution in [3.8, 4) is 11.3 Å². The number of aromatic nitrogens is 2. The second-order valence-electron chi connectivity index (χ2n) is 6.11. The summed E-state index contributed by atoms with van der Waals surface area (Å²) >= 11 is 0. The monoisotopic (exact) mass is 302 g/mol. The van der Waals surface area contributed by atoms with Gasteiger partial charge in [-0.2, -0.15) is 9.61 Å². The maximum absolute atomic E-state index is 12.4. The first-order chi connectivity index (χ1) is 11.2. The standard InChI is InChI=1S/C19H14N2O2/c1-11-6-8-14-16(10-11)23-19(22)21-18(14)15-9-7-12-4-2-3-5-13(12)17(15)20-21/h2-6,8,10H,7,9H2,1H3. The Bertz CT molecular complexity index is 1150. The number of benzene rings is 2. The second kappa shape index (κ2) is 4.32. The normalized spacial score (nSPS) is 13.3. The van der Waals surface area contributed by atoms with Crippen molar-refractivity contribution in [1.29, 1.82) is 0 Å². The maximum Gasteiger partial charge on any atom is 0.440 e. The summed E-state index contributed by atoms with van der Waals surface area (Å²) in [5.74, 6) is -0.426. The highest BCUT2D eigenvalue weighted by atomic mass is 16.4. The number of nitrogens with zero attached hydrogens (tertiary/aromatic N) is 2. The molecule has 0 bridgehead atoms. The lowest BCUT2D eigenvalue weighted by molar-refractivity contribution is 0.507. The van der Waals surface area contributed by atoms with Gasteiger partial charge in [0.15, 0.2) is 0 Å². The highest BCUT2D eigenvalue weighted by molar-refractivity contribution is 5.97. The van der Waals surface area contributed by atoms with Crippen molar-refractivity contribution in [3.63, 3.8) is 0 Å². The molecule has 0 aliphatic heterocycles. The highest BCUT2D eigenvalue weighted by Crippen LogP contribution is 2.36. The van der Waals surface area contributed by atoms with Crippen LogP contribution < -0.4 is 5.76 Å². The fraction of sp³-hybridized carbons (Fsp3) is 0.158. The van der Waals surface area contributed by atoms with Crippen LogP contribution in [-0.4, -0.2) is 9.61 Å². The Morgan fingerprint density at radius 1 is 1.13 bits per heavy atom. The Morgan fingerprint density at radius 2 is 2.00 bits per heavy atom. The zero-order valence-electron chi connectivity index (χ0n) is 12.7. The van der Waals surface area contributed by atoms with E-state index in [1.807, 2.05) is 37.3 Å². The van der Waals surface area contributed by atoms with Gasteiger partial charge in [-0.3, -0.25) is 0 Å². The summed E-state index contributed by atoms with van der Waals surface area (Å²) in [7, 11) is 0. The van der Waals surface area contributed by atoms with Crippen LogP contribution in [0.25, 0.3) is 27.7 Å². The van der Waals surface area contributed by atoms with Gasteiger partial charge in [-0.1, -0.05) is 30.3 Å². The van der Waals surface area contributed by atoms with Gasteiger partial charge >= 0.3 is 5.76 Å². The van der Waals surface area contributed by atoms with E-state index in [1.54, 1.807) is 0 Å². The molecule has 4 heteroatoms. The third-order valence-electron chi connectivity index (χ3n) is 4.66. The average Bonchev–Trinajstić information content (AvgIpc) is 2.95. The summed E-state index contributed by atoms with van der Waals surface area (Å²) in [4.78, 5) is 12.4. The molecule has 0 radical (unpaired) electrons. The molecule has 5 rings (SSSR count). The number of hydrogen-bond acceptors (Lipinski definition) is 3. The van der Waals surface area contributed by atoms with E-state index < -0.39 is 5.76 Å². The van der Waals surface area contributed by atoms with E-state index in [1.165, 1.54) is 10.1 Å². The van der Waals surface area contributed by atoms with Gasteiger partial charge in [0.1, 0.15) is 5.58 Å². The van der Waals surface area contributed by atoms with Crippen LogP contribution in [0.2, 0.25) is 0 Å². The average molecular weight is 302 g/mol. The van der Waals surface area contributed by atoms with Crippen LogP contribution in [0.15, 0.2) is 51.7 Å². The summed E-state index contributed by atoms with van der Waals surface area (Å²) in [5, 5.41) is 5.52. The molecule has 0 atom stereocenters. The zero-order chi connectivity index (χ0) is 15.6. The van der Waals surface area contributed by atoms with Crippen LogP contribution in [0.4, 0.5) is 0 Å². The molecule has 23 heavy (non-hydrogen) atoms. The smallest absolute Gasteiger partial charge is 0.408 e. The zero-order valence-corrected chi connectivity index (χ0v) is 12.7. The van der Waals surface area contributed by atoms with Crippen molar-refractivity contribution >= 4 is 16.5 Å². The molecule has 2 heterocycles. The lowest BCUT2D eigenvalue weighted by atomic mass is 9.89. The minimum atomic E-state index is -0.426. The topological polar surface area (TPSA) is 47.5 Å². The predicted molar refractivity (Wildman–Crippen MR) is 88.8 cm³/mol. The lowest BCUT2D eigenvalue weighted by Crippen LogP contribution is -2.12. The number of aryl methyl sites for hydroxylation is 3. The molecule has 0 spiro atoms. The van der Waals surface area contributed by atoms with E-state index in [0.29, 0.717) is 5.58 Å². The molecule has 0 fully saturated rings. The predicted octanol–water partition coefficient (Wildman–Crippen LogP) is 3.51. The molecule has 2 aromatic heterocycles. The fourth-order valence-corrected chi connectivity index (χ4v) is 3.59. The summed E-state index contributed by atoms with van der Waals surface area (Å²) in [6.45, 7) is 1.99. The van der Waals surface area contributed by atoms with Gasteiger partial charge in [-0.25, -0.2) is 4.79 Å². The van der Waals surface area contributed by atoms with Gasteiger partial charge in [-0.05, 0) is 43.0 Å². The van der Waals surface area contributed by atoms with Crippen molar-refractivity contribution in [2.24, 2.45) is 0 Å². The third kappa shape index (κ3) is 1.66. The molecule has 2 aromatic carbocycles. The second-order valence-corrected chi connectivity index (χ2v) is 6.11. The molecule has 0 N–H and O–H groups in total. The number of fused-ring (bicyclic) bond motifs is 7. The van der Waals surface area contributed by atoms with Gasteiger partial charge in [-0.15, -0.1) is 0 Å². The van der Waals surface area contributed by atoms with E-state index in [0.717, 1.165) is 46.1 Å². The van der Waals surface area contributed by atoms with Gasteiger partial charge < -0.3 is 4.42 Å². The van der Waals surface area contributed by atoms with E-state index >= 15 is 0 Å². The summed E-state index contributed by atoms with van der Waals surface area (Å²) in [6.07, 6.45) is 1.86. The van der Waals surface area contributed by atoms with Crippen LogP contribution in [0.1, 0.15) is 16.7 Å². The number of rotatable bonds is 0. The lowest BCUT2D eigenvalue weighted by Gasteiger charge is -2.14. The molecule has 112 valence electrons. The molecule has 0 amide bonds. The Kier molecular flexibility index (Phi) is 2.37. The Morgan fingerprint density at radius 3 is 2.91 bits per heavy atom. The van der Waals surface area contributed by atoms with Gasteiger partial charge in [0, 0.05) is 16.5 Å². The van der Waals surface area contributed by atoms with Crippen molar-refractivity contribution in [1.82, 2.24) is 9.61 Å². The third-order valence-corrected chi connectivity index (χ3v) is 4.66. The summed E-state index contributed by atoms with van der Waals surface area (Å²) in [6, 6.07) is 14.2. The fourth-order valence-electron chi connectivity index (χ4n) is 3.59. The Labute approximate surface area is 132 Å². The van der Waals surface area contributed by atoms with Crippen LogP contribution in [-0.2, 0) is 12.8 Å². The summed E-state index contributed by atoms with van der Waals surface area (Å²) < 4.78 is 6.89. The molecule has 1 aliphatic rings. The molecule has 1 aliphatic carbocycles. The van der Waals surface area contributed by atoms with Crippen LogP contribution in [0.3, 0.4) is 0 Å².